The summed E-state index contributed by atoms with van der Waals surface area (Å²) < 4.78 is 4.83. The van der Waals surface area contributed by atoms with Crippen LogP contribution in [0.3, 0.4) is 0 Å². The molecule has 0 aliphatic heterocycles. The number of ether oxygens (including phenoxy) is 1. The molecule has 0 aliphatic rings. The summed E-state index contributed by atoms with van der Waals surface area (Å²) >= 11 is 0. The predicted molar refractivity (Wildman–Crippen MR) is 96.2 cm³/mol. The van der Waals surface area contributed by atoms with Gasteiger partial charge in [0.2, 0.25) is 0 Å². The lowest BCUT2D eigenvalue weighted by molar-refractivity contribution is -0.139. The zero-order chi connectivity index (χ0) is 16.8. The van der Waals surface area contributed by atoms with Gasteiger partial charge < -0.3 is 9.57 Å². The van der Waals surface area contributed by atoms with Crippen LogP contribution in [0, 0.1) is 0 Å². The summed E-state index contributed by atoms with van der Waals surface area (Å²) in [4.78, 5) is 16.1. The maximum Gasteiger partial charge on any atom is 0.330 e. The summed E-state index contributed by atoms with van der Waals surface area (Å²) in [6.45, 7) is 3.66. The van der Waals surface area contributed by atoms with Crippen LogP contribution in [0.5, 0.6) is 0 Å². The highest BCUT2D eigenvalue weighted by Gasteiger charge is 2.05. The average molecular weight is 319 g/mol. The third-order valence-electron chi connectivity index (χ3n) is 3.65. The molecule has 0 unspecified atom stereocenters. The largest absolute Gasteiger partial charge is 0.459 e. The van der Waals surface area contributed by atoms with Gasteiger partial charge in [-0.2, -0.15) is 0 Å². The van der Waals surface area contributed by atoms with Gasteiger partial charge in [0.15, 0.2) is 6.61 Å². The van der Waals surface area contributed by atoms with E-state index in [-0.39, 0.29) is 13.2 Å². The van der Waals surface area contributed by atoms with E-state index < -0.39 is 5.97 Å². The summed E-state index contributed by atoms with van der Waals surface area (Å²) in [5.41, 5.74) is 1.01. The van der Waals surface area contributed by atoms with E-state index in [0.29, 0.717) is 0 Å². The van der Waals surface area contributed by atoms with Gasteiger partial charge in [0.1, 0.15) is 6.61 Å². The molecule has 0 spiro atoms. The Bertz CT molecular complexity index is 861. The highest BCUT2D eigenvalue weighted by atomic mass is 16.6. The first-order valence-corrected chi connectivity index (χ1v) is 7.64. The summed E-state index contributed by atoms with van der Waals surface area (Å²) in [5.74, 6) is -0.470. The molecule has 0 heterocycles. The molecule has 0 radical (unpaired) electrons. The Labute approximate surface area is 140 Å². The number of esters is 1. The van der Waals surface area contributed by atoms with Crippen molar-refractivity contribution in [1.29, 1.82) is 0 Å². The maximum atomic E-state index is 10.9. The van der Waals surface area contributed by atoms with E-state index in [0.717, 1.165) is 33.2 Å². The summed E-state index contributed by atoms with van der Waals surface area (Å²) in [6, 6.07) is 18.5. The lowest BCUT2D eigenvalue weighted by atomic mass is 9.97. The van der Waals surface area contributed by atoms with Gasteiger partial charge in [-0.25, -0.2) is 4.79 Å². The lowest BCUT2D eigenvalue weighted by Crippen LogP contribution is -2.06. The zero-order valence-electron chi connectivity index (χ0n) is 13.1. The second-order valence-electron chi connectivity index (χ2n) is 5.17. The molecule has 3 aromatic carbocycles. The molecule has 24 heavy (non-hydrogen) atoms. The SMILES string of the molecule is C=CC(=O)OCCON=Cc1c2ccccc2cc2ccccc12. The Balaban J connectivity index is 1.83. The molecule has 4 heteroatoms. The average Bonchev–Trinajstić information content (AvgIpc) is 2.63. The van der Waals surface area contributed by atoms with Crippen molar-refractivity contribution in [3.8, 4) is 0 Å². The normalized spacial score (nSPS) is 11.0. The quantitative estimate of drug-likeness (QED) is 0.172. The molecular weight excluding hydrogens is 302 g/mol. The van der Waals surface area contributed by atoms with E-state index in [1.807, 2.05) is 24.3 Å². The predicted octanol–water partition coefficient (Wildman–Crippen LogP) is 4.07. The number of hydrogen-bond acceptors (Lipinski definition) is 4. The number of nitrogens with zero attached hydrogens (tertiary/aromatic N) is 1. The molecule has 0 saturated carbocycles. The van der Waals surface area contributed by atoms with Crippen molar-refractivity contribution in [2.75, 3.05) is 13.2 Å². The lowest BCUT2D eigenvalue weighted by Gasteiger charge is -2.07. The smallest absolute Gasteiger partial charge is 0.330 e. The van der Waals surface area contributed by atoms with Crippen molar-refractivity contribution >= 4 is 33.7 Å². The molecule has 0 saturated heterocycles. The second-order valence-corrected chi connectivity index (χ2v) is 5.17. The fourth-order valence-electron chi connectivity index (χ4n) is 2.57. The fourth-order valence-corrected chi connectivity index (χ4v) is 2.57. The van der Waals surface area contributed by atoms with E-state index in [1.54, 1.807) is 6.21 Å². The highest BCUT2D eigenvalue weighted by molar-refractivity contribution is 6.13. The molecule has 0 atom stereocenters. The molecule has 3 aromatic rings. The monoisotopic (exact) mass is 319 g/mol. The Morgan fingerprint density at radius 3 is 2.25 bits per heavy atom. The van der Waals surface area contributed by atoms with Crippen molar-refractivity contribution in [2.45, 2.75) is 0 Å². The van der Waals surface area contributed by atoms with Crippen LogP contribution in [0.4, 0.5) is 0 Å². The third kappa shape index (κ3) is 3.43. The molecular formula is C20H17NO3. The summed E-state index contributed by atoms with van der Waals surface area (Å²) in [5, 5.41) is 8.55. The minimum atomic E-state index is -0.470. The van der Waals surface area contributed by atoms with Gasteiger partial charge in [0, 0.05) is 11.6 Å². The Morgan fingerprint density at radius 1 is 1.00 bits per heavy atom. The number of benzene rings is 3. The van der Waals surface area contributed by atoms with E-state index >= 15 is 0 Å². The van der Waals surface area contributed by atoms with Crippen LogP contribution in [-0.4, -0.2) is 25.4 Å². The zero-order valence-corrected chi connectivity index (χ0v) is 13.1. The number of rotatable bonds is 6. The van der Waals surface area contributed by atoms with Gasteiger partial charge in [0.05, 0.1) is 6.21 Å². The molecule has 120 valence electrons. The van der Waals surface area contributed by atoms with Gasteiger partial charge in [-0.15, -0.1) is 0 Å². The van der Waals surface area contributed by atoms with Crippen LogP contribution < -0.4 is 0 Å². The molecule has 0 aliphatic carbocycles. The maximum absolute atomic E-state index is 10.9. The molecule has 0 aromatic heterocycles. The van der Waals surface area contributed by atoms with Crippen LogP contribution in [-0.2, 0) is 14.4 Å². The second kappa shape index (κ2) is 7.42. The number of carbonyl (C=O) groups is 1. The van der Waals surface area contributed by atoms with Gasteiger partial charge in [-0.05, 0) is 27.6 Å². The van der Waals surface area contributed by atoms with E-state index in [9.17, 15) is 4.79 Å². The van der Waals surface area contributed by atoms with Crippen LogP contribution >= 0.6 is 0 Å². The fraction of sp³-hybridized carbons (Fsp3) is 0.100. The third-order valence-corrected chi connectivity index (χ3v) is 3.65. The minimum absolute atomic E-state index is 0.137. The van der Waals surface area contributed by atoms with Crippen LogP contribution in [0.15, 0.2) is 72.4 Å². The molecule has 3 rings (SSSR count). The summed E-state index contributed by atoms with van der Waals surface area (Å²) in [7, 11) is 0. The number of oxime groups is 1. The topological polar surface area (TPSA) is 47.9 Å². The number of carbonyl (C=O) groups excluding carboxylic acids is 1. The summed E-state index contributed by atoms with van der Waals surface area (Å²) in [6.07, 6.45) is 2.82. The van der Waals surface area contributed by atoms with Gasteiger partial charge in [-0.3, -0.25) is 0 Å². The van der Waals surface area contributed by atoms with Crippen LogP contribution in [0.2, 0.25) is 0 Å². The minimum Gasteiger partial charge on any atom is -0.459 e. The van der Waals surface area contributed by atoms with Gasteiger partial charge in [0.25, 0.3) is 0 Å². The first-order valence-electron chi connectivity index (χ1n) is 7.64. The number of hydrogen-bond donors (Lipinski definition) is 0. The van der Waals surface area contributed by atoms with Crippen LogP contribution in [0.25, 0.3) is 21.5 Å². The molecule has 0 N–H and O–H groups in total. The van der Waals surface area contributed by atoms with E-state index in [1.165, 1.54) is 0 Å². The Morgan fingerprint density at radius 2 is 1.62 bits per heavy atom. The van der Waals surface area contributed by atoms with E-state index in [4.69, 9.17) is 9.57 Å². The first kappa shape index (κ1) is 15.7. The standard InChI is InChI=1S/C20H17NO3/c1-2-20(22)23-11-12-24-21-14-19-17-9-5-3-7-15(17)13-16-8-4-6-10-18(16)19/h2-10,13-14H,1,11-12H2. The van der Waals surface area contributed by atoms with Gasteiger partial charge >= 0.3 is 5.97 Å². The highest BCUT2D eigenvalue weighted by Crippen LogP contribution is 2.27. The molecule has 4 nitrogen and oxygen atoms in total. The Kier molecular flexibility index (Phi) is 4.87. The molecule has 0 bridgehead atoms. The molecule has 0 amide bonds. The van der Waals surface area contributed by atoms with Crippen molar-refractivity contribution < 1.29 is 14.4 Å². The Hall–Kier alpha value is -3.14. The van der Waals surface area contributed by atoms with Crippen molar-refractivity contribution in [1.82, 2.24) is 0 Å². The van der Waals surface area contributed by atoms with Gasteiger partial charge in [-0.1, -0.05) is 60.3 Å². The first-order chi connectivity index (χ1) is 11.8. The number of fused-ring (bicyclic) bond motifs is 2. The van der Waals surface area contributed by atoms with Crippen molar-refractivity contribution in [3.63, 3.8) is 0 Å². The van der Waals surface area contributed by atoms with Crippen LogP contribution in [0.1, 0.15) is 5.56 Å². The molecule has 0 fully saturated rings. The van der Waals surface area contributed by atoms with Crippen molar-refractivity contribution in [3.05, 3.63) is 72.8 Å². The van der Waals surface area contributed by atoms with E-state index in [2.05, 4.69) is 42.1 Å². The van der Waals surface area contributed by atoms with Crippen molar-refractivity contribution in [2.24, 2.45) is 5.16 Å².